The molecule has 0 radical (unpaired) electrons. The summed E-state index contributed by atoms with van der Waals surface area (Å²) in [5, 5.41) is 9.70. The van der Waals surface area contributed by atoms with Crippen molar-refractivity contribution in [2.45, 2.75) is 25.0 Å². The molecule has 2 atom stereocenters. The first-order chi connectivity index (χ1) is 8.16. The number of hydrogen-bond acceptors (Lipinski definition) is 5. The standard InChI is InChI=1S/C11H13N5O/c1-6-2-7(3-8(6)17)16-5-15-9-10(12)13-4-14-11(9)16/h4-5,7-8,17H,1-3H2,(H2,12,13,14)/t7-,8+/m1/s1. The number of aliphatic hydroxyl groups excluding tert-OH is 1. The van der Waals surface area contributed by atoms with Crippen LogP contribution in [0.1, 0.15) is 18.9 Å². The van der Waals surface area contributed by atoms with E-state index in [2.05, 4.69) is 21.5 Å². The lowest BCUT2D eigenvalue weighted by Crippen LogP contribution is -2.07. The smallest absolute Gasteiger partial charge is 0.165 e. The highest BCUT2D eigenvalue weighted by Crippen LogP contribution is 2.35. The van der Waals surface area contributed by atoms with Gasteiger partial charge in [0.05, 0.1) is 12.4 Å². The minimum atomic E-state index is -0.434. The quantitative estimate of drug-likeness (QED) is 0.704. The van der Waals surface area contributed by atoms with Crippen LogP contribution in [0.25, 0.3) is 11.2 Å². The highest BCUT2D eigenvalue weighted by molar-refractivity contribution is 5.81. The summed E-state index contributed by atoms with van der Waals surface area (Å²) in [7, 11) is 0. The summed E-state index contributed by atoms with van der Waals surface area (Å²) in [6, 6.07) is 0.150. The molecule has 2 aromatic heterocycles. The second kappa shape index (κ2) is 3.53. The number of rotatable bonds is 1. The summed E-state index contributed by atoms with van der Waals surface area (Å²) >= 11 is 0. The molecule has 0 aromatic carbocycles. The first kappa shape index (κ1) is 10.2. The van der Waals surface area contributed by atoms with Crippen LogP contribution in [0, 0.1) is 0 Å². The summed E-state index contributed by atoms with van der Waals surface area (Å²) in [6.45, 7) is 3.85. The van der Waals surface area contributed by atoms with Crippen molar-refractivity contribution in [1.29, 1.82) is 0 Å². The van der Waals surface area contributed by atoms with Gasteiger partial charge in [0.2, 0.25) is 0 Å². The first-order valence-electron chi connectivity index (χ1n) is 5.45. The Kier molecular flexibility index (Phi) is 2.12. The van der Waals surface area contributed by atoms with Gasteiger partial charge < -0.3 is 15.4 Å². The van der Waals surface area contributed by atoms with Gasteiger partial charge in [-0.1, -0.05) is 6.58 Å². The summed E-state index contributed by atoms with van der Waals surface area (Å²) in [5.41, 5.74) is 7.91. The molecule has 1 fully saturated rings. The molecule has 1 aliphatic rings. The maximum atomic E-state index is 9.70. The topological polar surface area (TPSA) is 89.9 Å². The molecule has 1 saturated carbocycles. The van der Waals surface area contributed by atoms with Crippen LogP contribution in [0.2, 0.25) is 0 Å². The zero-order chi connectivity index (χ0) is 12.0. The van der Waals surface area contributed by atoms with Crippen molar-refractivity contribution >= 4 is 17.0 Å². The minimum Gasteiger partial charge on any atom is -0.389 e. The number of nitrogen functional groups attached to an aromatic ring is 1. The number of aliphatic hydroxyl groups is 1. The molecule has 0 aliphatic heterocycles. The van der Waals surface area contributed by atoms with Gasteiger partial charge in [-0.15, -0.1) is 0 Å². The van der Waals surface area contributed by atoms with Crippen molar-refractivity contribution < 1.29 is 5.11 Å². The van der Waals surface area contributed by atoms with Gasteiger partial charge in [-0.25, -0.2) is 15.0 Å². The maximum absolute atomic E-state index is 9.70. The lowest BCUT2D eigenvalue weighted by atomic mass is 10.2. The fraction of sp³-hybridized carbons (Fsp3) is 0.364. The molecule has 88 valence electrons. The average molecular weight is 231 g/mol. The average Bonchev–Trinajstić information content (AvgIpc) is 2.85. The predicted octanol–water partition coefficient (Wildman–Crippen LogP) is 0.661. The van der Waals surface area contributed by atoms with Crippen molar-refractivity contribution in [3.05, 3.63) is 24.8 Å². The molecule has 2 heterocycles. The number of imidazole rings is 1. The second-order valence-corrected chi connectivity index (χ2v) is 4.35. The van der Waals surface area contributed by atoms with E-state index < -0.39 is 6.10 Å². The number of nitrogens with zero attached hydrogens (tertiary/aromatic N) is 4. The Balaban J connectivity index is 2.07. The Labute approximate surface area is 97.8 Å². The molecule has 0 unspecified atom stereocenters. The first-order valence-corrected chi connectivity index (χ1v) is 5.45. The van der Waals surface area contributed by atoms with E-state index in [1.165, 1.54) is 6.33 Å². The lowest BCUT2D eigenvalue weighted by Gasteiger charge is -2.11. The number of hydrogen-bond donors (Lipinski definition) is 2. The van der Waals surface area contributed by atoms with E-state index >= 15 is 0 Å². The van der Waals surface area contributed by atoms with Crippen LogP contribution >= 0.6 is 0 Å². The van der Waals surface area contributed by atoms with Crippen LogP contribution in [-0.4, -0.2) is 30.7 Å². The van der Waals surface area contributed by atoms with Gasteiger partial charge in [0.25, 0.3) is 0 Å². The van der Waals surface area contributed by atoms with Crippen molar-refractivity contribution in [1.82, 2.24) is 19.5 Å². The van der Waals surface area contributed by atoms with Gasteiger partial charge in [0.15, 0.2) is 11.5 Å². The normalized spacial score (nSPS) is 24.6. The van der Waals surface area contributed by atoms with E-state index in [-0.39, 0.29) is 6.04 Å². The van der Waals surface area contributed by atoms with Crippen LogP contribution in [-0.2, 0) is 0 Å². The van der Waals surface area contributed by atoms with Gasteiger partial charge in [-0.2, -0.15) is 0 Å². The third kappa shape index (κ3) is 1.49. The van der Waals surface area contributed by atoms with E-state index in [0.717, 1.165) is 12.0 Å². The molecule has 0 saturated heterocycles. The zero-order valence-electron chi connectivity index (χ0n) is 9.24. The van der Waals surface area contributed by atoms with E-state index in [9.17, 15) is 5.11 Å². The molecule has 2 aromatic rings. The summed E-state index contributed by atoms with van der Waals surface area (Å²) in [4.78, 5) is 12.3. The Morgan fingerprint density at radius 1 is 1.41 bits per heavy atom. The third-order valence-corrected chi connectivity index (χ3v) is 3.24. The fourth-order valence-corrected chi connectivity index (χ4v) is 2.30. The van der Waals surface area contributed by atoms with Crippen molar-refractivity contribution in [3.8, 4) is 0 Å². The van der Waals surface area contributed by atoms with Gasteiger partial charge >= 0.3 is 0 Å². The largest absolute Gasteiger partial charge is 0.389 e. The Morgan fingerprint density at radius 2 is 2.24 bits per heavy atom. The predicted molar refractivity (Wildman–Crippen MR) is 63.2 cm³/mol. The second-order valence-electron chi connectivity index (χ2n) is 4.35. The fourth-order valence-electron chi connectivity index (χ4n) is 2.30. The van der Waals surface area contributed by atoms with Crippen molar-refractivity contribution in [3.63, 3.8) is 0 Å². The van der Waals surface area contributed by atoms with Crippen molar-refractivity contribution in [2.24, 2.45) is 0 Å². The molecule has 1 aliphatic carbocycles. The number of nitrogens with two attached hydrogens (primary N) is 1. The third-order valence-electron chi connectivity index (χ3n) is 3.24. The van der Waals surface area contributed by atoms with Crippen LogP contribution in [0.15, 0.2) is 24.8 Å². The highest BCUT2D eigenvalue weighted by Gasteiger charge is 2.28. The zero-order valence-corrected chi connectivity index (χ0v) is 9.24. The van der Waals surface area contributed by atoms with Crippen LogP contribution in [0.3, 0.4) is 0 Å². The minimum absolute atomic E-state index is 0.150. The van der Waals surface area contributed by atoms with E-state index in [4.69, 9.17) is 5.73 Å². The molecule has 3 N–H and O–H groups in total. The number of aromatic nitrogens is 4. The molecule has 3 rings (SSSR count). The molecule has 6 heteroatoms. The summed E-state index contributed by atoms with van der Waals surface area (Å²) < 4.78 is 1.94. The SMILES string of the molecule is C=C1C[C@@H](n2cnc3c(N)ncnc32)C[C@@H]1O. The molecule has 0 amide bonds. The van der Waals surface area contributed by atoms with Crippen LogP contribution in [0.4, 0.5) is 5.82 Å². The molecule has 0 spiro atoms. The molecule has 6 nitrogen and oxygen atoms in total. The summed E-state index contributed by atoms with van der Waals surface area (Å²) in [6.07, 6.45) is 4.09. The lowest BCUT2D eigenvalue weighted by molar-refractivity contribution is 0.209. The Hall–Kier alpha value is -1.95. The maximum Gasteiger partial charge on any atom is 0.165 e. The van der Waals surface area contributed by atoms with Crippen LogP contribution < -0.4 is 5.73 Å². The van der Waals surface area contributed by atoms with Crippen molar-refractivity contribution in [2.75, 3.05) is 5.73 Å². The number of anilines is 1. The molecular weight excluding hydrogens is 218 g/mol. The Bertz CT molecular complexity index is 591. The van der Waals surface area contributed by atoms with E-state index in [1.54, 1.807) is 6.33 Å². The van der Waals surface area contributed by atoms with E-state index in [0.29, 0.717) is 23.4 Å². The monoisotopic (exact) mass is 231 g/mol. The molecular formula is C11H13N5O. The highest BCUT2D eigenvalue weighted by atomic mass is 16.3. The van der Waals surface area contributed by atoms with Gasteiger partial charge in [-0.05, 0) is 18.4 Å². The number of fused-ring (bicyclic) bond motifs is 1. The van der Waals surface area contributed by atoms with Gasteiger partial charge in [0, 0.05) is 6.04 Å². The van der Waals surface area contributed by atoms with Gasteiger partial charge in [0.1, 0.15) is 11.8 Å². The molecule has 17 heavy (non-hydrogen) atoms. The molecule has 0 bridgehead atoms. The van der Waals surface area contributed by atoms with Crippen LogP contribution in [0.5, 0.6) is 0 Å². The van der Waals surface area contributed by atoms with E-state index in [1.807, 2.05) is 4.57 Å². The van der Waals surface area contributed by atoms with Gasteiger partial charge in [-0.3, -0.25) is 0 Å². The summed E-state index contributed by atoms with van der Waals surface area (Å²) in [5.74, 6) is 0.381. The Morgan fingerprint density at radius 3 is 2.94 bits per heavy atom.